The third kappa shape index (κ3) is 3.74. The number of aromatic nitrogens is 4. The highest BCUT2D eigenvalue weighted by Crippen LogP contribution is 2.28. The average molecular weight is 394 g/mol. The quantitative estimate of drug-likeness (QED) is 0.716. The number of rotatable bonds is 5. The second-order valence-electron chi connectivity index (χ2n) is 7.97. The van der Waals surface area contributed by atoms with Crippen LogP contribution in [0.15, 0.2) is 36.7 Å². The highest BCUT2D eigenvalue weighted by molar-refractivity contribution is 5.76. The van der Waals surface area contributed by atoms with Gasteiger partial charge in [0.25, 0.3) is 0 Å². The minimum Gasteiger partial charge on any atom is -0.493 e. The Kier molecular flexibility index (Phi) is 5.08. The SMILES string of the molecule is CC(C)CC(=O)N(C)[C@H]1CCN(c2ccc3ncc(-c4cccnc4O)n3n2)C1. The van der Waals surface area contributed by atoms with Gasteiger partial charge in [-0.2, -0.15) is 0 Å². The average Bonchev–Trinajstić information content (AvgIpc) is 3.34. The number of anilines is 1. The molecule has 1 aliphatic heterocycles. The molecule has 8 heteroatoms. The third-order valence-corrected chi connectivity index (χ3v) is 5.42. The number of hydrogen-bond donors (Lipinski definition) is 1. The molecular weight excluding hydrogens is 368 g/mol. The molecule has 1 fully saturated rings. The van der Waals surface area contributed by atoms with Crippen LogP contribution in [0.25, 0.3) is 16.9 Å². The van der Waals surface area contributed by atoms with Crippen molar-refractivity contribution in [3.8, 4) is 17.1 Å². The van der Waals surface area contributed by atoms with E-state index in [1.165, 1.54) is 0 Å². The van der Waals surface area contributed by atoms with Gasteiger partial charge in [0, 0.05) is 32.8 Å². The van der Waals surface area contributed by atoms with Crippen molar-refractivity contribution in [1.29, 1.82) is 0 Å². The molecule has 0 spiro atoms. The summed E-state index contributed by atoms with van der Waals surface area (Å²) in [6.07, 6.45) is 4.72. The van der Waals surface area contributed by atoms with Gasteiger partial charge in [-0.3, -0.25) is 4.79 Å². The van der Waals surface area contributed by atoms with E-state index in [4.69, 9.17) is 5.10 Å². The van der Waals surface area contributed by atoms with Gasteiger partial charge in [-0.15, -0.1) is 5.10 Å². The monoisotopic (exact) mass is 394 g/mol. The maximum atomic E-state index is 12.4. The van der Waals surface area contributed by atoms with Gasteiger partial charge in [0.15, 0.2) is 5.65 Å². The van der Waals surface area contributed by atoms with E-state index < -0.39 is 0 Å². The molecule has 0 unspecified atom stereocenters. The summed E-state index contributed by atoms with van der Waals surface area (Å²) in [6.45, 7) is 5.72. The molecule has 3 aromatic rings. The molecule has 152 valence electrons. The largest absolute Gasteiger partial charge is 0.493 e. The van der Waals surface area contributed by atoms with E-state index in [9.17, 15) is 9.90 Å². The first-order chi connectivity index (χ1) is 13.9. The molecule has 0 bridgehead atoms. The second kappa shape index (κ2) is 7.69. The molecule has 4 rings (SSSR count). The fraction of sp³-hybridized carbons (Fsp3) is 0.429. The van der Waals surface area contributed by atoms with Crippen molar-refractivity contribution < 1.29 is 9.90 Å². The Morgan fingerprint density at radius 2 is 2.14 bits per heavy atom. The van der Waals surface area contributed by atoms with Crippen LogP contribution in [0.2, 0.25) is 0 Å². The van der Waals surface area contributed by atoms with Crippen molar-refractivity contribution in [2.24, 2.45) is 5.92 Å². The van der Waals surface area contributed by atoms with Crippen molar-refractivity contribution in [3.05, 3.63) is 36.7 Å². The maximum Gasteiger partial charge on any atom is 0.222 e. The highest BCUT2D eigenvalue weighted by atomic mass is 16.3. The van der Waals surface area contributed by atoms with Gasteiger partial charge in [0.05, 0.1) is 23.5 Å². The predicted molar refractivity (Wildman–Crippen MR) is 111 cm³/mol. The van der Waals surface area contributed by atoms with Gasteiger partial charge in [0.2, 0.25) is 11.8 Å². The molecule has 8 nitrogen and oxygen atoms in total. The van der Waals surface area contributed by atoms with E-state index in [1.54, 1.807) is 29.0 Å². The Hall–Kier alpha value is -3.16. The molecule has 1 saturated heterocycles. The van der Waals surface area contributed by atoms with Crippen LogP contribution in [0.5, 0.6) is 5.88 Å². The normalized spacial score (nSPS) is 16.7. The zero-order valence-corrected chi connectivity index (χ0v) is 17.0. The number of fused-ring (bicyclic) bond motifs is 1. The lowest BCUT2D eigenvalue weighted by Crippen LogP contribution is -2.39. The van der Waals surface area contributed by atoms with Crippen molar-refractivity contribution in [3.63, 3.8) is 0 Å². The number of carbonyl (C=O) groups is 1. The van der Waals surface area contributed by atoms with E-state index in [0.29, 0.717) is 29.2 Å². The van der Waals surface area contributed by atoms with Crippen molar-refractivity contribution >= 4 is 17.4 Å². The Balaban J connectivity index is 1.57. The summed E-state index contributed by atoms with van der Waals surface area (Å²) >= 11 is 0. The van der Waals surface area contributed by atoms with Crippen LogP contribution in [0.4, 0.5) is 5.82 Å². The van der Waals surface area contributed by atoms with Crippen LogP contribution in [0.3, 0.4) is 0 Å². The zero-order chi connectivity index (χ0) is 20.5. The Morgan fingerprint density at radius 1 is 1.31 bits per heavy atom. The van der Waals surface area contributed by atoms with Gasteiger partial charge in [-0.1, -0.05) is 13.8 Å². The van der Waals surface area contributed by atoms with Gasteiger partial charge < -0.3 is 14.9 Å². The lowest BCUT2D eigenvalue weighted by atomic mass is 10.1. The molecule has 1 aliphatic rings. The third-order valence-electron chi connectivity index (χ3n) is 5.42. The molecule has 0 aliphatic carbocycles. The van der Waals surface area contributed by atoms with E-state index in [-0.39, 0.29) is 17.8 Å². The fourth-order valence-corrected chi connectivity index (χ4v) is 3.78. The second-order valence-corrected chi connectivity index (χ2v) is 7.97. The van der Waals surface area contributed by atoms with E-state index in [0.717, 1.165) is 25.3 Å². The molecule has 0 radical (unpaired) electrons. The van der Waals surface area contributed by atoms with Crippen LogP contribution < -0.4 is 4.90 Å². The van der Waals surface area contributed by atoms with Gasteiger partial charge >= 0.3 is 0 Å². The van der Waals surface area contributed by atoms with Gasteiger partial charge in [-0.05, 0) is 36.6 Å². The predicted octanol–water partition coefficient (Wildman–Crippen LogP) is 2.58. The number of amides is 1. The van der Waals surface area contributed by atoms with Crippen LogP contribution >= 0.6 is 0 Å². The molecule has 1 atom stereocenters. The molecule has 1 N–H and O–H groups in total. The summed E-state index contributed by atoms with van der Waals surface area (Å²) in [5.41, 5.74) is 1.97. The number of carbonyl (C=O) groups excluding carboxylic acids is 1. The maximum absolute atomic E-state index is 12.4. The lowest BCUT2D eigenvalue weighted by Gasteiger charge is -2.26. The first-order valence-corrected chi connectivity index (χ1v) is 9.93. The van der Waals surface area contributed by atoms with Crippen LogP contribution in [-0.2, 0) is 4.79 Å². The molecule has 4 heterocycles. The molecule has 0 aromatic carbocycles. The summed E-state index contributed by atoms with van der Waals surface area (Å²) in [4.78, 5) is 24.8. The van der Waals surface area contributed by atoms with Crippen molar-refractivity contribution in [2.75, 3.05) is 25.0 Å². The summed E-state index contributed by atoms with van der Waals surface area (Å²) in [5.74, 6) is 1.33. The summed E-state index contributed by atoms with van der Waals surface area (Å²) in [5, 5.41) is 14.9. The first-order valence-electron chi connectivity index (χ1n) is 9.93. The summed E-state index contributed by atoms with van der Waals surface area (Å²) in [6, 6.07) is 7.62. The minimum absolute atomic E-state index is 0.0481. The van der Waals surface area contributed by atoms with Crippen LogP contribution in [0, 0.1) is 5.92 Å². The number of pyridine rings is 1. The van der Waals surface area contributed by atoms with E-state index in [1.807, 2.05) is 24.1 Å². The zero-order valence-electron chi connectivity index (χ0n) is 17.0. The topological polar surface area (TPSA) is 86.9 Å². The Bertz CT molecular complexity index is 1030. The van der Waals surface area contributed by atoms with Gasteiger partial charge in [-0.25, -0.2) is 14.5 Å². The molecule has 1 amide bonds. The number of aromatic hydroxyl groups is 1. The number of nitrogens with zero attached hydrogens (tertiary/aromatic N) is 6. The summed E-state index contributed by atoms with van der Waals surface area (Å²) in [7, 11) is 1.90. The molecule has 29 heavy (non-hydrogen) atoms. The highest BCUT2D eigenvalue weighted by Gasteiger charge is 2.29. The molecular formula is C21H26N6O2. The lowest BCUT2D eigenvalue weighted by molar-refractivity contribution is -0.132. The number of hydrogen-bond acceptors (Lipinski definition) is 6. The van der Waals surface area contributed by atoms with Gasteiger partial charge in [0.1, 0.15) is 5.82 Å². The number of likely N-dealkylation sites (N-methyl/N-ethyl adjacent to an activating group) is 1. The molecule has 0 saturated carbocycles. The summed E-state index contributed by atoms with van der Waals surface area (Å²) < 4.78 is 1.73. The molecule has 3 aromatic heterocycles. The minimum atomic E-state index is -0.0481. The smallest absolute Gasteiger partial charge is 0.222 e. The van der Waals surface area contributed by atoms with Crippen molar-refractivity contribution in [2.45, 2.75) is 32.7 Å². The van der Waals surface area contributed by atoms with Crippen LogP contribution in [-0.4, -0.2) is 61.7 Å². The van der Waals surface area contributed by atoms with E-state index in [2.05, 4.69) is 28.7 Å². The fourth-order valence-electron chi connectivity index (χ4n) is 3.78. The Labute approximate surface area is 169 Å². The number of imidazole rings is 1. The first kappa shape index (κ1) is 19.2. The van der Waals surface area contributed by atoms with Crippen LogP contribution in [0.1, 0.15) is 26.7 Å². The Morgan fingerprint density at radius 3 is 2.90 bits per heavy atom. The van der Waals surface area contributed by atoms with Crippen molar-refractivity contribution in [1.82, 2.24) is 24.5 Å². The standard InChI is InChI=1S/C21H26N6O2/c1-14(2)11-20(28)25(3)15-8-10-26(13-15)19-7-6-18-23-12-17(27(18)24-19)16-5-4-9-22-21(16)29/h4-7,9,12,14-15H,8,10-11,13H2,1-3H3,(H,22,29)/t15-/m0/s1. The van der Waals surface area contributed by atoms with E-state index >= 15 is 0 Å².